The van der Waals surface area contributed by atoms with Crippen molar-refractivity contribution in [2.45, 2.75) is 11.7 Å². The van der Waals surface area contributed by atoms with E-state index in [1.165, 1.54) is 4.57 Å². The SMILES string of the molecule is COCCn1c(SCC(=O)NC(=O)Nc2ccc3c(c2)OCCO3)nc2ccccc2c1=O. The van der Waals surface area contributed by atoms with Crippen molar-refractivity contribution in [1.82, 2.24) is 14.9 Å². The Balaban J connectivity index is 1.40. The van der Waals surface area contributed by atoms with Gasteiger partial charge in [0.2, 0.25) is 5.91 Å². The van der Waals surface area contributed by atoms with Crippen LogP contribution < -0.4 is 25.7 Å². The number of thioether (sulfide) groups is 1. The Bertz CT molecular complexity index is 1250. The number of hydrogen-bond acceptors (Lipinski definition) is 8. The predicted octanol–water partition coefficient (Wildman–Crippen LogP) is 2.25. The summed E-state index contributed by atoms with van der Waals surface area (Å²) in [6.45, 7) is 1.51. The summed E-state index contributed by atoms with van der Waals surface area (Å²) in [5.74, 6) is 0.488. The molecule has 2 N–H and O–H groups in total. The fourth-order valence-electron chi connectivity index (χ4n) is 3.21. The highest BCUT2D eigenvalue weighted by Crippen LogP contribution is 2.32. The molecule has 11 heteroatoms. The summed E-state index contributed by atoms with van der Waals surface area (Å²) < 4.78 is 17.5. The molecule has 3 amide bonds. The van der Waals surface area contributed by atoms with Crippen molar-refractivity contribution in [2.24, 2.45) is 0 Å². The van der Waals surface area contributed by atoms with Gasteiger partial charge >= 0.3 is 6.03 Å². The third-order valence-electron chi connectivity index (χ3n) is 4.73. The van der Waals surface area contributed by atoms with Gasteiger partial charge in [0.1, 0.15) is 13.2 Å². The Kier molecular flexibility index (Phi) is 7.10. The summed E-state index contributed by atoms with van der Waals surface area (Å²) in [6, 6.07) is 11.3. The lowest BCUT2D eigenvalue weighted by molar-refractivity contribution is -0.117. The van der Waals surface area contributed by atoms with Crippen LogP contribution in [0.3, 0.4) is 0 Å². The predicted molar refractivity (Wildman–Crippen MR) is 123 cm³/mol. The van der Waals surface area contributed by atoms with E-state index >= 15 is 0 Å². The van der Waals surface area contributed by atoms with Crippen LogP contribution in [0.4, 0.5) is 10.5 Å². The van der Waals surface area contributed by atoms with Crippen LogP contribution in [0.2, 0.25) is 0 Å². The quantitative estimate of drug-likeness (QED) is 0.399. The molecule has 0 atom stereocenters. The fourth-order valence-corrected chi connectivity index (χ4v) is 4.04. The van der Waals surface area contributed by atoms with Gasteiger partial charge in [0.15, 0.2) is 16.7 Å². The number of nitrogens with one attached hydrogen (secondary N) is 2. The minimum absolute atomic E-state index is 0.105. The molecule has 172 valence electrons. The third-order valence-corrected chi connectivity index (χ3v) is 5.71. The number of imide groups is 1. The molecule has 2 heterocycles. The maximum Gasteiger partial charge on any atom is 0.325 e. The van der Waals surface area contributed by atoms with Gasteiger partial charge in [0, 0.05) is 18.9 Å². The highest BCUT2D eigenvalue weighted by atomic mass is 32.2. The number of amides is 3. The van der Waals surface area contributed by atoms with E-state index in [4.69, 9.17) is 14.2 Å². The second-order valence-electron chi connectivity index (χ2n) is 7.01. The van der Waals surface area contributed by atoms with Crippen LogP contribution in [0.1, 0.15) is 0 Å². The van der Waals surface area contributed by atoms with E-state index in [1.807, 2.05) is 0 Å². The van der Waals surface area contributed by atoms with E-state index in [0.29, 0.717) is 59.6 Å². The third kappa shape index (κ3) is 5.44. The zero-order valence-electron chi connectivity index (χ0n) is 17.8. The molecule has 1 aliphatic rings. The van der Waals surface area contributed by atoms with Crippen LogP contribution in [-0.4, -0.2) is 54.2 Å². The van der Waals surface area contributed by atoms with Gasteiger partial charge in [0.25, 0.3) is 5.56 Å². The molecule has 0 spiro atoms. The van der Waals surface area contributed by atoms with Gasteiger partial charge in [-0.15, -0.1) is 0 Å². The summed E-state index contributed by atoms with van der Waals surface area (Å²) in [5, 5.41) is 5.72. The van der Waals surface area contributed by atoms with E-state index in [0.717, 1.165) is 11.8 Å². The lowest BCUT2D eigenvalue weighted by Gasteiger charge is -2.19. The molecule has 0 unspecified atom stereocenters. The second kappa shape index (κ2) is 10.4. The zero-order chi connectivity index (χ0) is 23.2. The largest absolute Gasteiger partial charge is 0.486 e. The Hall–Kier alpha value is -3.57. The van der Waals surface area contributed by atoms with Gasteiger partial charge in [-0.25, -0.2) is 9.78 Å². The van der Waals surface area contributed by atoms with E-state index in [1.54, 1.807) is 49.6 Å². The molecule has 33 heavy (non-hydrogen) atoms. The molecule has 0 saturated heterocycles. The molecule has 0 radical (unpaired) electrons. The number of anilines is 1. The van der Waals surface area contributed by atoms with E-state index < -0.39 is 11.9 Å². The van der Waals surface area contributed by atoms with Crippen molar-refractivity contribution in [3.8, 4) is 11.5 Å². The van der Waals surface area contributed by atoms with E-state index in [9.17, 15) is 14.4 Å². The molecule has 1 aliphatic heterocycles. The average Bonchev–Trinajstić information content (AvgIpc) is 2.82. The van der Waals surface area contributed by atoms with Crippen LogP contribution in [0.15, 0.2) is 52.4 Å². The molecule has 3 aromatic rings. The topological polar surface area (TPSA) is 121 Å². The number of ether oxygens (including phenoxy) is 3. The molecule has 10 nitrogen and oxygen atoms in total. The van der Waals surface area contributed by atoms with Crippen molar-refractivity contribution in [1.29, 1.82) is 0 Å². The zero-order valence-corrected chi connectivity index (χ0v) is 18.6. The van der Waals surface area contributed by atoms with Crippen LogP contribution in [0.25, 0.3) is 10.9 Å². The number of rotatable bonds is 7. The van der Waals surface area contributed by atoms with E-state index in [-0.39, 0.29) is 11.3 Å². The van der Waals surface area contributed by atoms with Crippen LogP contribution in [-0.2, 0) is 16.1 Å². The van der Waals surface area contributed by atoms with Crippen LogP contribution >= 0.6 is 11.8 Å². The summed E-state index contributed by atoms with van der Waals surface area (Å²) in [6.07, 6.45) is 0. The maximum absolute atomic E-state index is 12.9. The maximum atomic E-state index is 12.9. The monoisotopic (exact) mass is 470 g/mol. The standard InChI is InChI=1S/C22H22N4O6S/c1-30-9-8-26-20(28)15-4-2-3-5-16(15)24-22(26)33-13-19(27)25-21(29)23-14-6-7-17-18(12-14)32-11-10-31-17/h2-7,12H,8-11,13H2,1H3,(H2,23,25,27,29). The van der Waals surface area contributed by atoms with Crippen molar-refractivity contribution in [3.63, 3.8) is 0 Å². The number of carbonyl (C=O) groups excluding carboxylic acids is 2. The molecule has 1 aromatic heterocycles. The van der Waals surface area contributed by atoms with Crippen molar-refractivity contribution < 1.29 is 23.8 Å². The van der Waals surface area contributed by atoms with Gasteiger partial charge in [-0.3, -0.25) is 19.5 Å². The minimum atomic E-state index is -0.680. The molecular formula is C22H22N4O6S. The number of methoxy groups -OCH3 is 1. The van der Waals surface area contributed by atoms with Crippen LogP contribution in [0.5, 0.6) is 11.5 Å². The molecule has 4 rings (SSSR count). The first-order chi connectivity index (χ1) is 16.0. The first-order valence-corrected chi connectivity index (χ1v) is 11.2. The van der Waals surface area contributed by atoms with Crippen molar-refractivity contribution >= 4 is 40.3 Å². The van der Waals surface area contributed by atoms with E-state index in [2.05, 4.69) is 15.6 Å². The minimum Gasteiger partial charge on any atom is -0.486 e. The summed E-state index contributed by atoms with van der Waals surface area (Å²) in [4.78, 5) is 41.9. The van der Waals surface area contributed by atoms with Gasteiger partial charge < -0.3 is 19.5 Å². The molecule has 2 aromatic carbocycles. The van der Waals surface area contributed by atoms with Gasteiger partial charge in [0.05, 0.1) is 29.8 Å². The molecule has 0 aliphatic carbocycles. The Morgan fingerprint density at radius 3 is 2.76 bits per heavy atom. The molecule has 0 bridgehead atoms. The lowest BCUT2D eigenvalue weighted by Crippen LogP contribution is -2.35. The number of fused-ring (bicyclic) bond motifs is 2. The Morgan fingerprint density at radius 1 is 1.15 bits per heavy atom. The number of aromatic nitrogens is 2. The first-order valence-electron chi connectivity index (χ1n) is 10.2. The molecular weight excluding hydrogens is 448 g/mol. The summed E-state index contributed by atoms with van der Waals surface area (Å²) in [7, 11) is 1.54. The second-order valence-corrected chi connectivity index (χ2v) is 7.95. The molecule has 0 fully saturated rings. The summed E-state index contributed by atoms with van der Waals surface area (Å²) >= 11 is 1.07. The smallest absolute Gasteiger partial charge is 0.325 e. The number of urea groups is 1. The lowest BCUT2D eigenvalue weighted by atomic mass is 10.2. The first kappa shape index (κ1) is 22.6. The normalized spacial score (nSPS) is 12.4. The van der Waals surface area contributed by atoms with Crippen LogP contribution in [0, 0.1) is 0 Å². The fraction of sp³-hybridized carbons (Fsp3) is 0.273. The van der Waals surface area contributed by atoms with Gasteiger partial charge in [-0.2, -0.15) is 0 Å². The van der Waals surface area contributed by atoms with Crippen molar-refractivity contribution in [2.75, 3.05) is 38.0 Å². The number of carbonyl (C=O) groups is 2. The van der Waals surface area contributed by atoms with Gasteiger partial charge in [-0.05, 0) is 24.3 Å². The summed E-state index contributed by atoms with van der Waals surface area (Å²) in [5.41, 5.74) is 0.786. The Labute approximate surface area is 193 Å². The average molecular weight is 471 g/mol. The number of hydrogen-bond donors (Lipinski definition) is 2. The number of nitrogens with zero attached hydrogens (tertiary/aromatic N) is 2. The Morgan fingerprint density at radius 2 is 1.94 bits per heavy atom. The highest BCUT2D eigenvalue weighted by molar-refractivity contribution is 7.99. The van der Waals surface area contributed by atoms with Gasteiger partial charge in [-0.1, -0.05) is 23.9 Å². The number of para-hydroxylation sites is 1. The number of benzene rings is 2. The highest BCUT2D eigenvalue weighted by Gasteiger charge is 2.16. The molecule has 0 saturated carbocycles. The van der Waals surface area contributed by atoms with Crippen molar-refractivity contribution in [3.05, 3.63) is 52.8 Å².